The summed E-state index contributed by atoms with van der Waals surface area (Å²) in [5.41, 5.74) is 0.771. The van der Waals surface area contributed by atoms with Crippen LogP contribution in [-0.4, -0.2) is 31.2 Å². The van der Waals surface area contributed by atoms with Crippen molar-refractivity contribution in [2.24, 2.45) is 5.41 Å². The van der Waals surface area contributed by atoms with Crippen LogP contribution in [0.2, 0.25) is 5.02 Å². The molecule has 1 heterocycles. The number of benzene rings is 1. The second-order valence-corrected chi connectivity index (χ2v) is 6.61. The molecule has 1 saturated heterocycles. The van der Waals surface area contributed by atoms with Crippen molar-refractivity contribution in [1.29, 1.82) is 0 Å². The summed E-state index contributed by atoms with van der Waals surface area (Å²) in [6, 6.07) is 7.25. The van der Waals surface area contributed by atoms with Crippen LogP contribution in [0.3, 0.4) is 0 Å². The molecule has 3 rings (SSSR count). The van der Waals surface area contributed by atoms with Gasteiger partial charge >= 0.3 is 0 Å². The highest BCUT2D eigenvalue weighted by molar-refractivity contribution is 6.30. The van der Waals surface area contributed by atoms with Crippen LogP contribution in [0.15, 0.2) is 24.3 Å². The lowest BCUT2D eigenvalue weighted by Gasteiger charge is -2.29. The molecule has 1 aromatic carbocycles. The zero-order chi connectivity index (χ0) is 14.9. The molecule has 1 aliphatic heterocycles. The summed E-state index contributed by atoms with van der Waals surface area (Å²) in [5.74, 6) is 0.00648. The maximum Gasteiger partial charge on any atom is 0.226 e. The summed E-state index contributed by atoms with van der Waals surface area (Å²) in [5, 5.41) is 6.62. The van der Waals surface area contributed by atoms with Crippen molar-refractivity contribution in [2.75, 3.05) is 13.1 Å². The first-order valence-electron chi connectivity index (χ1n) is 7.49. The summed E-state index contributed by atoms with van der Waals surface area (Å²) in [4.78, 5) is 12.5. The van der Waals surface area contributed by atoms with Gasteiger partial charge in [0.2, 0.25) is 5.91 Å². The molecule has 1 amide bonds. The molecule has 114 valence electrons. The first-order valence-corrected chi connectivity index (χ1v) is 7.87. The van der Waals surface area contributed by atoms with Crippen LogP contribution >= 0.6 is 11.6 Å². The average Bonchev–Trinajstić information content (AvgIpc) is 3.25. The fourth-order valence-corrected chi connectivity index (χ4v) is 3.06. The van der Waals surface area contributed by atoms with E-state index in [0.717, 1.165) is 24.9 Å². The highest BCUT2D eigenvalue weighted by Gasteiger charge is 2.50. The van der Waals surface area contributed by atoms with Crippen LogP contribution in [0.25, 0.3) is 0 Å². The standard InChI is InChI=1S/C16H20ClFN2O/c17-12-3-1-11(2-4-12)9-16(6-7-16)15(21)20-14-5-8-19-10-13(14)18/h1-4,13-14,19H,5-10H2,(H,20,21)/t13-,14-/m0/s1. The Balaban J connectivity index is 1.62. The minimum atomic E-state index is -0.992. The lowest BCUT2D eigenvalue weighted by atomic mass is 9.94. The van der Waals surface area contributed by atoms with Gasteiger partial charge in [-0.2, -0.15) is 0 Å². The highest BCUT2D eigenvalue weighted by atomic mass is 35.5. The van der Waals surface area contributed by atoms with Crippen molar-refractivity contribution in [3.8, 4) is 0 Å². The Morgan fingerprint density at radius 2 is 2.10 bits per heavy atom. The van der Waals surface area contributed by atoms with Gasteiger partial charge in [-0.1, -0.05) is 23.7 Å². The maximum absolute atomic E-state index is 13.8. The van der Waals surface area contributed by atoms with Crippen LogP contribution in [0.5, 0.6) is 0 Å². The molecule has 2 N–H and O–H groups in total. The fourth-order valence-electron chi connectivity index (χ4n) is 2.93. The van der Waals surface area contributed by atoms with Crippen LogP contribution in [-0.2, 0) is 11.2 Å². The van der Waals surface area contributed by atoms with E-state index < -0.39 is 6.17 Å². The van der Waals surface area contributed by atoms with E-state index in [1.165, 1.54) is 0 Å². The number of hydrogen-bond acceptors (Lipinski definition) is 2. The summed E-state index contributed by atoms with van der Waals surface area (Å²) in [6.07, 6.45) is 2.13. The van der Waals surface area contributed by atoms with Gasteiger partial charge in [0, 0.05) is 11.6 Å². The van der Waals surface area contributed by atoms with E-state index in [1.54, 1.807) is 0 Å². The highest BCUT2D eigenvalue weighted by Crippen LogP contribution is 2.48. The van der Waals surface area contributed by atoms with Crippen molar-refractivity contribution >= 4 is 17.5 Å². The van der Waals surface area contributed by atoms with E-state index in [0.29, 0.717) is 24.4 Å². The molecule has 5 heteroatoms. The normalized spacial score (nSPS) is 27.1. The molecule has 1 aromatic rings. The summed E-state index contributed by atoms with van der Waals surface area (Å²) in [7, 11) is 0. The van der Waals surface area contributed by atoms with E-state index >= 15 is 0 Å². The fraction of sp³-hybridized carbons (Fsp3) is 0.562. The predicted molar refractivity (Wildman–Crippen MR) is 81.1 cm³/mol. The number of halogens is 2. The molecule has 0 spiro atoms. The average molecular weight is 311 g/mol. The Kier molecular flexibility index (Phi) is 4.18. The second-order valence-electron chi connectivity index (χ2n) is 6.17. The van der Waals surface area contributed by atoms with E-state index in [1.807, 2.05) is 24.3 Å². The first kappa shape index (κ1) is 14.8. The number of carbonyl (C=O) groups is 1. The Bertz CT molecular complexity index is 516. The number of amides is 1. The van der Waals surface area contributed by atoms with Crippen LogP contribution in [0, 0.1) is 5.41 Å². The number of nitrogens with one attached hydrogen (secondary N) is 2. The molecular formula is C16H20ClFN2O. The molecule has 1 saturated carbocycles. The van der Waals surface area contributed by atoms with Gasteiger partial charge in [0.05, 0.1) is 11.5 Å². The minimum Gasteiger partial charge on any atom is -0.350 e. The predicted octanol–water partition coefficient (Wildman–Crippen LogP) is 2.48. The van der Waals surface area contributed by atoms with E-state index in [-0.39, 0.29) is 17.4 Å². The van der Waals surface area contributed by atoms with Crippen molar-refractivity contribution in [2.45, 2.75) is 37.9 Å². The van der Waals surface area contributed by atoms with Gasteiger partial charge in [0.1, 0.15) is 6.17 Å². The second kappa shape index (κ2) is 5.93. The van der Waals surface area contributed by atoms with Gasteiger partial charge in [-0.15, -0.1) is 0 Å². The third-order valence-corrected chi connectivity index (χ3v) is 4.77. The monoisotopic (exact) mass is 310 g/mol. The van der Waals surface area contributed by atoms with Crippen molar-refractivity contribution in [3.05, 3.63) is 34.9 Å². The number of alkyl halides is 1. The molecule has 2 aliphatic rings. The minimum absolute atomic E-state index is 0.00648. The summed E-state index contributed by atoms with van der Waals surface area (Å²) >= 11 is 5.88. The lowest BCUT2D eigenvalue weighted by molar-refractivity contribution is -0.127. The third-order valence-electron chi connectivity index (χ3n) is 4.52. The molecule has 0 aromatic heterocycles. The molecule has 0 bridgehead atoms. The first-order chi connectivity index (χ1) is 10.1. The maximum atomic E-state index is 13.8. The zero-order valence-electron chi connectivity index (χ0n) is 11.9. The van der Waals surface area contributed by atoms with Crippen molar-refractivity contribution < 1.29 is 9.18 Å². The van der Waals surface area contributed by atoms with E-state index in [9.17, 15) is 9.18 Å². The Labute approximate surface area is 129 Å². The van der Waals surface area contributed by atoms with Gasteiger partial charge in [-0.3, -0.25) is 4.79 Å². The SMILES string of the molecule is O=C(N[C@H]1CCNC[C@@H]1F)C1(Cc2ccc(Cl)cc2)CC1. The number of carbonyl (C=O) groups excluding carboxylic acids is 1. The number of rotatable bonds is 4. The third kappa shape index (κ3) is 3.38. The van der Waals surface area contributed by atoms with Gasteiger partial charge in [0.15, 0.2) is 0 Å². The molecule has 0 radical (unpaired) electrons. The van der Waals surface area contributed by atoms with Gasteiger partial charge in [-0.25, -0.2) is 4.39 Å². The van der Waals surface area contributed by atoms with Gasteiger partial charge in [0.25, 0.3) is 0 Å². The van der Waals surface area contributed by atoms with Crippen molar-refractivity contribution in [3.63, 3.8) is 0 Å². The molecule has 3 nitrogen and oxygen atoms in total. The van der Waals surface area contributed by atoms with Crippen LogP contribution in [0.1, 0.15) is 24.8 Å². The molecular weight excluding hydrogens is 291 g/mol. The summed E-state index contributed by atoms with van der Waals surface area (Å²) in [6.45, 7) is 1.09. The Morgan fingerprint density at radius 3 is 2.71 bits per heavy atom. The molecule has 0 unspecified atom stereocenters. The smallest absolute Gasteiger partial charge is 0.226 e. The number of piperidine rings is 1. The van der Waals surface area contributed by atoms with Crippen molar-refractivity contribution in [1.82, 2.24) is 10.6 Å². The Morgan fingerprint density at radius 1 is 1.38 bits per heavy atom. The molecule has 21 heavy (non-hydrogen) atoms. The molecule has 1 aliphatic carbocycles. The van der Waals surface area contributed by atoms with E-state index in [2.05, 4.69) is 10.6 Å². The largest absolute Gasteiger partial charge is 0.350 e. The van der Waals surface area contributed by atoms with E-state index in [4.69, 9.17) is 11.6 Å². The Hall–Kier alpha value is -1.13. The number of hydrogen-bond donors (Lipinski definition) is 2. The quantitative estimate of drug-likeness (QED) is 0.897. The summed E-state index contributed by atoms with van der Waals surface area (Å²) < 4.78 is 13.8. The zero-order valence-corrected chi connectivity index (χ0v) is 12.6. The van der Waals surface area contributed by atoms with Crippen LogP contribution < -0.4 is 10.6 Å². The van der Waals surface area contributed by atoms with Gasteiger partial charge in [-0.05, 0) is 49.9 Å². The van der Waals surface area contributed by atoms with Crippen LogP contribution in [0.4, 0.5) is 4.39 Å². The topological polar surface area (TPSA) is 41.1 Å². The molecule has 2 atom stereocenters. The lowest BCUT2D eigenvalue weighted by Crippen LogP contribution is -2.52. The molecule has 2 fully saturated rings. The van der Waals surface area contributed by atoms with Gasteiger partial charge < -0.3 is 10.6 Å².